The van der Waals surface area contributed by atoms with Gasteiger partial charge in [0.05, 0.1) is 24.5 Å². The number of aliphatic hydroxyl groups excluding tert-OH is 1. The van der Waals surface area contributed by atoms with Crippen molar-refractivity contribution in [1.82, 2.24) is 9.80 Å². The number of rotatable bonds is 13. The Morgan fingerprint density at radius 1 is 1.18 bits per heavy atom. The molecule has 0 fully saturated rings. The molecule has 0 radical (unpaired) electrons. The van der Waals surface area contributed by atoms with E-state index in [1.807, 2.05) is 31.2 Å². The number of allylic oxidation sites excluding steroid dienone is 1. The highest BCUT2D eigenvalue weighted by atomic mass is 16.5. The van der Waals surface area contributed by atoms with Gasteiger partial charge in [-0.25, -0.2) is 0 Å². The summed E-state index contributed by atoms with van der Waals surface area (Å²) in [6.07, 6.45) is 6.02. The zero-order valence-corrected chi connectivity index (χ0v) is 20.2. The number of hydrogen-bond acceptors (Lipinski definition) is 6. The Kier molecular flexibility index (Phi) is 9.10. The number of ether oxygens (including phenoxy) is 1. The molecule has 0 bridgehead atoms. The number of furan rings is 1. The summed E-state index contributed by atoms with van der Waals surface area (Å²) in [5.74, 6) is -0.201. The fourth-order valence-electron chi connectivity index (χ4n) is 4.09. The molecule has 0 saturated carbocycles. The average molecular weight is 467 g/mol. The fourth-order valence-corrected chi connectivity index (χ4v) is 4.09. The summed E-state index contributed by atoms with van der Waals surface area (Å²) in [6.45, 7) is 9.97. The molecule has 1 aromatic carbocycles. The maximum atomic E-state index is 13.2. The highest BCUT2D eigenvalue weighted by Crippen LogP contribution is 2.38. The molecule has 0 saturated heterocycles. The van der Waals surface area contributed by atoms with Crippen molar-refractivity contribution < 1.29 is 23.8 Å². The van der Waals surface area contributed by atoms with Crippen molar-refractivity contribution in [3.05, 3.63) is 71.4 Å². The first kappa shape index (κ1) is 25.3. The van der Waals surface area contributed by atoms with E-state index in [2.05, 4.69) is 18.7 Å². The summed E-state index contributed by atoms with van der Waals surface area (Å²) in [4.78, 5) is 30.1. The molecule has 1 atom stereocenters. The highest BCUT2D eigenvalue weighted by molar-refractivity contribution is 6.14. The lowest BCUT2D eigenvalue weighted by atomic mass is 9.95. The fraction of sp³-hybridized carbons (Fsp3) is 0.407. The molecule has 1 aliphatic heterocycles. The van der Waals surface area contributed by atoms with Crippen molar-refractivity contribution in [2.24, 2.45) is 0 Å². The molecule has 1 amide bonds. The third kappa shape index (κ3) is 5.97. The van der Waals surface area contributed by atoms with E-state index in [4.69, 9.17) is 9.15 Å². The smallest absolute Gasteiger partial charge is 0.290 e. The summed E-state index contributed by atoms with van der Waals surface area (Å²) >= 11 is 0. The lowest BCUT2D eigenvalue weighted by Gasteiger charge is -2.28. The minimum Gasteiger partial charge on any atom is -0.503 e. The van der Waals surface area contributed by atoms with Gasteiger partial charge in [-0.2, -0.15) is 0 Å². The number of carbonyl (C=O) groups excluding carboxylic acids is 2. The Bertz CT molecular complexity index is 1000. The van der Waals surface area contributed by atoms with E-state index in [1.54, 1.807) is 17.0 Å². The molecule has 34 heavy (non-hydrogen) atoms. The molecule has 3 rings (SSSR count). The molecule has 2 aromatic rings. The Morgan fingerprint density at radius 2 is 1.91 bits per heavy atom. The van der Waals surface area contributed by atoms with Crippen LogP contribution in [-0.2, 0) is 9.59 Å². The van der Waals surface area contributed by atoms with E-state index < -0.39 is 23.5 Å². The van der Waals surface area contributed by atoms with Gasteiger partial charge in [0.2, 0.25) is 0 Å². The lowest BCUT2D eigenvalue weighted by molar-refractivity contribution is -0.129. The van der Waals surface area contributed by atoms with Gasteiger partial charge in [0, 0.05) is 6.54 Å². The molecule has 7 nitrogen and oxygen atoms in total. The van der Waals surface area contributed by atoms with Crippen molar-refractivity contribution in [3.63, 3.8) is 0 Å². The Hall–Kier alpha value is -3.32. The van der Waals surface area contributed by atoms with Gasteiger partial charge in [0.15, 0.2) is 11.5 Å². The molecule has 0 spiro atoms. The molecule has 182 valence electrons. The number of nitrogens with zero attached hydrogens (tertiary/aromatic N) is 2. The van der Waals surface area contributed by atoms with Crippen LogP contribution in [-0.4, -0.2) is 59.4 Å². The number of amides is 1. The number of benzene rings is 1. The largest absolute Gasteiger partial charge is 0.503 e. The van der Waals surface area contributed by atoms with Gasteiger partial charge in [-0.15, -0.1) is 0 Å². The van der Waals surface area contributed by atoms with E-state index >= 15 is 0 Å². The summed E-state index contributed by atoms with van der Waals surface area (Å²) in [5, 5.41) is 10.7. The number of aliphatic hydroxyl groups is 1. The molecule has 0 aliphatic carbocycles. The topological polar surface area (TPSA) is 83.2 Å². The summed E-state index contributed by atoms with van der Waals surface area (Å²) in [6, 6.07) is 10.1. The van der Waals surface area contributed by atoms with Crippen LogP contribution in [0.15, 0.2) is 64.5 Å². The molecule has 1 aliphatic rings. The second-order valence-corrected chi connectivity index (χ2v) is 8.17. The summed E-state index contributed by atoms with van der Waals surface area (Å²) < 4.78 is 10.9. The van der Waals surface area contributed by atoms with Gasteiger partial charge < -0.3 is 24.1 Å². The molecule has 1 unspecified atom stereocenters. The predicted octanol–water partition coefficient (Wildman–Crippen LogP) is 4.78. The lowest BCUT2D eigenvalue weighted by Crippen LogP contribution is -2.34. The van der Waals surface area contributed by atoms with Crippen molar-refractivity contribution in [3.8, 4) is 5.75 Å². The zero-order valence-electron chi connectivity index (χ0n) is 20.2. The summed E-state index contributed by atoms with van der Waals surface area (Å²) in [5.41, 5.74) is 0.830. The first-order chi connectivity index (χ1) is 16.5. The minimum absolute atomic E-state index is 0.0814. The van der Waals surface area contributed by atoms with Crippen LogP contribution >= 0.6 is 0 Å². The van der Waals surface area contributed by atoms with Crippen LogP contribution in [0.1, 0.15) is 51.0 Å². The third-order valence-electron chi connectivity index (χ3n) is 5.95. The zero-order chi connectivity index (χ0) is 24.5. The number of hydrogen-bond donors (Lipinski definition) is 1. The maximum absolute atomic E-state index is 13.2. The van der Waals surface area contributed by atoms with Crippen molar-refractivity contribution >= 4 is 17.8 Å². The van der Waals surface area contributed by atoms with E-state index in [9.17, 15) is 14.7 Å². The first-order valence-corrected chi connectivity index (χ1v) is 11.9. The van der Waals surface area contributed by atoms with Crippen LogP contribution in [0, 0.1) is 0 Å². The van der Waals surface area contributed by atoms with E-state index in [0.717, 1.165) is 43.8 Å². The Morgan fingerprint density at radius 3 is 2.53 bits per heavy atom. The van der Waals surface area contributed by atoms with Crippen LogP contribution in [0.5, 0.6) is 5.75 Å². The normalized spacial score (nSPS) is 16.3. The molecule has 1 aromatic heterocycles. The van der Waals surface area contributed by atoms with Crippen molar-refractivity contribution in [2.45, 2.75) is 39.7 Å². The molecular weight excluding hydrogens is 432 g/mol. The van der Waals surface area contributed by atoms with E-state index in [-0.39, 0.29) is 5.57 Å². The quantitative estimate of drug-likeness (QED) is 0.428. The van der Waals surface area contributed by atoms with Gasteiger partial charge in [-0.05, 0) is 74.5 Å². The first-order valence-electron chi connectivity index (χ1n) is 11.9. The van der Waals surface area contributed by atoms with Crippen LogP contribution in [0.25, 0.3) is 6.08 Å². The summed E-state index contributed by atoms with van der Waals surface area (Å²) in [7, 11) is 0. The Balaban J connectivity index is 1.88. The molecule has 1 N–H and O–H groups in total. The van der Waals surface area contributed by atoms with Crippen LogP contribution < -0.4 is 4.74 Å². The van der Waals surface area contributed by atoms with Gasteiger partial charge in [-0.3, -0.25) is 9.59 Å². The number of ketones is 1. The van der Waals surface area contributed by atoms with Gasteiger partial charge in [0.25, 0.3) is 5.91 Å². The average Bonchev–Trinajstić information content (AvgIpc) is 3.46. The second kappa shape index (κ2) is 12.2. The molecule has 7 heteroatoms. The third-order valence-corrected chi connectivity index (χ3v) is 5.95. The molecule has 2 heterocycles. The number of carbonyl (C=O) groups is 2. The van der Waals surface area contributed by atoms with E-state index in [1.165, 1.54) is 18.4 Å². The van der Waals surface area contributed by atoms with Gasteiger partial charge in [0.1, 0.15) is 11.5 Å². The Labute approximate surface area is 201 Å². The highest BCUT2D eigenvalue weighted by Gasteiger charge is 2.42. The second-order valence-electron chi connectivity index (χ2n) is 8.17. The SMILES string of the molecule is CCCOc1ccc(C2C(C(=O)/C=C/c3ccco3)=C(O)C(=O)N2CCCN(CC)CC)cc1. The standard InChI is InChI=1S/C27H34N2O5/c1-4-18-33-22-12-10-20(11-13-22)25-24(23(30)15-14-21-9-7-19-34-21)26(31)27(32)29(25)17-8-16-28(5-2)6-3/h7,9-15,19,25,31H,4-6,8,16-18H2,1-3H3/b15-14+. The van der Waals surface area contributed by atoms with Crippen molar-refractivity contribution in [1.29, 1.82) is 0 Å². The van der Waals surface area contributed by atoms with Crippen LogP contribution in [0.4, 0.5) is 0 Å². The van der Waals surface area contributed by atoms with Gasteiger partial charge in [-0.1, -0.05) is 32.9 Å². The minimum atomic E-state index is -0.668. The van der Waals surface area contributed by atoms with Crippen molar-refractivity contribution in [2.75, 3.05) is 32.8 Å². The molecular formula is C27H34N2O5. The van der Waals surface area contributed by atoms with E-state index in [0.29, 0.717) is 18.9 Å². The maximum Gasteiger partial charge on any atom is 0.290 e. The van der Waals surface area contributed by atoms with Crippen LogP contribution in [0.2, 0.25) is 0 Å². The van der Waals surface area contributed by atoms with Crippen LogP contribution in [0.3, 0.4) is 0 Å². The monoisotopic (exact) mass is 466 g/mol. The van der Waals surface area contributed by atoms with Gasteiger partial charge >= 0.3 is 0 Å². The predicted molar refractivity (Wildman–Crippen MR) is 131 cm³/mol.